The second kappa shape index (κ2) is 12.3. The largest absolute Gasteiger partial charge is 0.311 e. The molecule has 54 heavy (non-hydrogen) atoms. The molecule has 254 valence electrons. The molecule has 9 aromatic rings. The quantitative estimate of drug-likeness (QED) is 0.173. The first-order valence-electron chi connectivity index (χ1n) is 18.7. The molecule has 2 aliphatic heterocycles. The van der Waals surface area contributed by atoms with E-state index in [0.717, 1.165) is 17.1 Å². The maximum absolute atomic E-state index is 2.60. The molecule has 0 saturated carbocycles. The molecule has 11 rings (SSSR count). The number of rotatable bonds is 6. The third-order valence-electron chi connectivity index (χ3n) is 11.3. The Hall–Kier alpha value is -6.94. The smallest absolute Gasteiger partial charge is 0.198 e. The summed E-state index contributed by atoms with van der Waals surface area (Å²) in [6, 6.07) is 72.8. The molecule has 3 nitrogen and oxygen atoms in total. The van der Waals surface area contributed by atoms with Gasteiger partial charge in [-0.05, 0) is 82.4 Å². The van der Waals surface area contributed by atoms with Crippen molar-refractivity contribution in [1.82, 2.24) is 4.57 Å². The van der Waals surface area contributed by atoms with E-state index in [4.69, 9.17) is 0 Å². The van der Waals surface area contributed by atoms with Gasteiger partial charge in [0, 0.05) is 50.1 Å². The van der Waals surface area contributed by atoms with Gasteiger partial charge in [-0.15, -0.1) is 0 Å². The second-order valence-corrected chi connectivity index (χ2v) is 14.3. The maximum atomic E-state index is 2.60. The van der Waals surface area contributed by atoms with Crippen molar-refractivity contribution >= 4 is 55.7 Å². The molecule has 8 aromatic carbocycles. The van der Waals surface area contributed by atoms with Crippen molar-refractivity contribution in [1.29, 1.82) is 0 Å². The molecular weight excluding hydrogens is 655 g/mol. The Balaban J connectivity index is 1.01. The fraction of sp³-hybridized carbons (Fsp3) is 0.0196. The Morgan fingerprint density at radius 3 is 1.65 bits per heavy atom. The number of hydrogen-bond acceptors (Lipinski definition) is 1. The topological polar surface area (TPSA) is 24.8 Å². The van der Waals surface area contributed by atoms with E-state index < -0.39 is 0 Å². The summed E-state index contributed by atoms with van der Waals surface area (Å²) in [6.07, 6.45) is 0.0997. The SMILES string of the molecule is c1ccc(-c2ccc3c4cccc5c4n(c3c2)C2[NH2+]c3ccccc3C(c3ccc(-c4ccc(N(c6ccccc6)c6ccccc6)cc4)cc3)=C52)cc1. The number of nitrogens with zero attached hydrogens (tertiary/aromatic N) is 2. The highest BCUT2D eigenvalue weighted by atomic mass is 15.2. The predicted molar refractivity (Wildman–Crippen MR) is 224 cm³/mol. The minimum absolute atomic E-state index is 0.0997. The van der Waals surface area contributed by atoms with Gasteiger partial charge in [0.05, 0.1) is 11.0 Å². The molecule has 0 fully saturated rings. The maximum Gasteiger partial charge on any atom is 0.198 e. The third kappa shape index (κ3) is 4.80. The number of fused-ring (bicyclic) bond motifs is 7. The van der Waals surface area contributed by atoms with Crippen LogP contribution in [0.4, 0.5) is 22.7 Å². The molecule has 0 amide bonds. The summed E-state index contributed by atoms with van der Waals surface area (Å²) in [7, 11) is 0. The first-order chi connectivity index (χ1) is 26.8. The van der Waals surface area contributed by atoms with Crippen molar-refractivity contribution in [3.05, 3.63) is 217 Å². The third-order valence-corrected chi connectivity index (χ3v) is 11.3. The van der Waals surface area contributed by atoms with Crippen molar-refractivity contribution in [3.8, 4) is 22.3 Å². The molecule has 0 spiro atoms. The Morgan fingerprint density at radius 1 is 0.407 bits per heavy atom. The van der Waals surface area contributed by atoms with Crippen LogP contribution in [-0.2, 0) is 0 Å². The van der Waals surface area contributed by atoms with Crippen LogP contribution in [0.5, 0.6) is 0 Å². The van der Waals surface area contributed by atoms with E-state index in [-0.39, 0.29) is 6.17 Å². The zero-order valence-electron chi connectivity index (χ0n) is 29.6. The highest BCUT2D eigenvalue weighted by Crippen LogP contribution is 2.51. The fourth-order valence-corrected chi connectivity index (χ4v) is 8.87. The van der Waals surface area contributed by atoms with Crippen LogP contribution in [0.25, 0.3) is 55.2 Å². The van der Waals surface area contributed by atoms with Crippen LogP contribution in [0.1, 0.15) is 22.9 Å². The molecule has 0 bridgehead atoms. The van der Waals surface area contributed by atoms with Crippen molar-refractivity contribution in [2.24, 2.45) is 0 Å². The van der Waals surface area contributed by atoms with Gasteiger partial charge in [0.15, 0.2) is 6.17 Å². The Labute approximate surface area is 314 Å². The van der Waals surface area contributed by atoms with Crippen LogP contribution < -0.4 is 10.2 Å². The number of anilines is 3. The van der Waals surface area contributed by atoms with Gasteiger partial charge in [-0.25, -0.2) is 0 Å². The first kappa shape index (κ1) is 30.7. The molecule has 0 radical (unpaired) electrons. The van der Waals surface area contributed by atoms with Crippen LogP contribution in [0.2, 0.25) is 0 Å². The van der Waals surface area contributed by atoms with Gasteiger partial charge in [-0.2, -0.15) is 0 Å². The predicted octanol–water partition coefficient (Wildman–Crippen LogP) is 12.3. The Morgan fingerprint density at radius 2 is 0.944 bits per heavy atom. The molecule has 0 aliphatic carbocycles. The Kier molecular flexibility index (Phi) is 7.01. The summed E-state index contributed by atoms with van der Waals surface area (Å²) in [6.45, 7) is 0. The summed E-state index contributed by atoms with van der Waals surface area (Å²) in [5.41, 5.74) is 18.8. The summed E-state index contributed by atoms with van der Waals surface area (Å²) < 4.78 is 2.60. The number of quaternary nitrogens is 1. The van der Waals surface area contributed by atoms with E-state index >= 15 is 0 Å². The highest BCUT2D eigenvalue weighted by molar-refractivity contribution is 6.18. The molecular formula is C51H36N3+. The molecule has 3 heteroatoms. The molecule has 1 unspecified atom stereocenters. The van der Waals surface area contributed by atoms with Crippen LogP contribution >= 0.6 is 0 Å². The van der Waals surface area contributed by atoms with Crippen LogP contribution in [-0.4, -0.2) is 4.57 Å². The van der Waals surface area contributed by atoms with Gasteiger partial charge < -0.3 is 4.90 Å². The lowest BCUT2D eigenvalue weighted by Crippen LogP contribution is -2.81. The fourth-order valence-electron chi connectivity index (χ4n) is 8.87. The minimum Gasteiger partial charge on any atom is -0.311 e. The lowest BCUT2D eigenvalue weighted by molar-refractivity contribution is -0.618. The van der Waals surface area contributed by atoms with Crippen molar-refractivity contribution < 1.29 is 5.32 Å². The van der Waals surface area contributed by atoms with E-state index in [1.165, 1.54) is 77.6 Å². The van der Waals surface area contributed by atoms with Crippen LogP contribution in [0.15, 0.2) is 200 Å². The van der Waals surface area contributed by atoms with Crippen LogP contribution in [0.3, 0.4) is 0 Å². The zero-order chi connectivity index (χ0) is 35.6. The Bertz CT molecular complexity index is 2830. The molecule has 2 N–H and O–H groups in total. The van der Waals surface area contributed by atoms with E-state index in [2.05, 4.69) is 215 Å². The number of para-hydroxylation sites is 4. The minimum atomic E-state index is 0.0997. The summed E-state index contributed by atoms with van der Waals surface area (Å²) in [5, 5.41) is 5.11. The highest BCUT2D eigenvalue weighted by Gasteiger charge is 2.41. The number of benzene rings is 8. The van der Waals surface area contributed by atoms with Crippen molar-refractivity contribution in [3.63, 3.8) is 0 Å². The van der Waals surface area contributed by atoms with Crippen molar-refractivity contribution in [2.45, 2.75) is 6.17 Å². The van der Waals surface area contributed by atoms with E-state index in [9.17, 15) is 0 Å². The number of hydrogen-bond donors (Lipinski definition) is 1. The normalized spacial score (nSPS) is 14.3. The number of aromatic nitrogens is 1. The standard InChI is InChI=1S/C51H35N3/c1-4-13-34(14-5-1)38-29-32-42-43-20-12-21-45-49-48(44-19-10-11-22-46(44)52-51(49)54(50(43)45)47(42)33-38)37-25-23-35(24-26-37)36-27-30-41(31-28-36)53(39-15-6-2-7-16-39)40-17-8-3-9-18-40/h1-33,51-52H/p+1. The van der Waals surface area contributed by atoms with Gasteiger partial charge >= 0.3 is 0 Å². The van der Waals surface area contributed by atoms with E-state index in [1.807, 2.05) is 0 Å². The lowest BCUT2D eigenvalue weighted by atomic mass is 9.84. The molecule has 1 aromatic heterocycles. The zero-order valence-corrected chi connectivity index (χ0v) is 29.6. The van der Waals surface area contributed by atoms with E-state index in [0.29, 0.717) is 0 Å². The van der Waals surface area contributed by atoms with Crippen LogP contribution in [0, 0.1) is 0 Å². The summed E-state index contributed by atoms with van der Waals surface area (Å²) in [5.74, 6) is 0. The van der Waals surface area contributed by atoms with Crippen molar-refractivity contribution in [2.75, 3.05) is 4.90 Å². The average molecular weight is 691 g/mol. The van der Waals surface area contributed by atoms with Gasteiger partial charge in [0.25, 0.3) is 0 Å². The average Bonchev–Trinajstić information content (AvgIpc) is 3.76. The van der Waals surface area contributed by atoms with Gasteiger partial charge in [0.2, 0.25) is 0 Å². The lowest BCUT2D eigenvalue weighted by Gasteiger charge is -2.26. The molecule has 3 heterocycles. The van der Waals surface area contributed by atoms with E-state index in [1.54, 1.807) is 0 Å². The number of nitrogens with two attached hydrogens (primary N) is 1. The first-order valence-corrected chi connectivity index (χ1v) is 18.7. The summed E-state index contributed by atoms with van der Waals surface area (Å²) in [4.78, 5) is 2.30. The van der Waals surface area contributed by atoms with Gasteiger partial charge in [-0.1, -0.05) is 146 Å². The summed E-state index contributed by atoms with van der Waals surface area (Å²) >= 11 is 0. The molecule has 2 aliphatic rings. The van der Waals surface area contributed by atoms with Gasteiger partial charge in [0.1, 0.15) is 5.69 Å². The second-order valence-electron chi connectivity index (χ2n) is 14.3. The monoisotopic (exact) mass is 690 g/mol. The molecule has 1 atom stereocenters. The molecule has 0 saturated heterocycles. The van der Waals surface area contributed by atoms with Gasteiger partial charge in [-0.3, -0.25) is 9.88 Å².